The van der Waals surface area contributed by atoms with Gasteiger partial charge in [0.15, 0.2) is 0 Å². The molecular formula is C16H25NOS. The lowest BCUT2D eigenvalue weighted by Crippen LogP contribution is -2.27. The molecule has 0 bridgehead atoms. The van der Waals surface area contributed by atoms with Crippen molar-refractivity contribution in [2.45, 2.75) is 30.6 Å². The Morgan fingerprint density at radius 2 is 2.26 bits per heavy atom. The lowest BCUT2D eigenvalue weighted by atomic mass is 9.89. The van der Waals surface area contributed by atoms with Crippen LogP contribution < -0.4 is 5.32 Å². The molecule has 19 heavy (non-hydrogen) atoms. The molecule has 1 heterocycles. The average Bonchev–Trinajstić information content (AvgIpc) is 2.85. The van der Waals surface area contributed by atoms with E-state index in [-0.39, 0.29) is 0 Å². The number of methoxy groups -OCH3 is 1. The highest BCUT2D eigenvalue weighted by atomic mass is 32.2. The van der Waals surface area contributed by atoms with Gasteiger partial charge in [0, 0.05) is 24.3 Å². The van der Waals surface area contributed by atoms with E-state index in [0.29, 0.717) is 0 Å². The SMILES string of the molecule is CCC(CNCCOC)CC1CSc2ccccc21. The van der Waals surface area contributed by atoms with Crippen molar-refractivity contribution in [3.05, 3.63) is 29.8 Å². The van der Waals surface area contributed by atoms with Gasteiger partial charge in [-0.05, 0) is 36.4 Å². The zero-order valence-electron chi connectivity index (χ0n) is 12.0. The molecule has 1 aliphatic rings. The molecule has 0 saturated heterocycles. The van der Waals surface area contributed by atoms with E-state index in [1.165, 1.54) is 23.5 Å². The van der Waals surface area contributed by atoms with Crippen molar-refractivity contribution in [1.29, 1.82) is 0 Å². The summed E-state index contributed by atoms with van der Waals surface area (Å²) in [7, 11) is 1.76. The fourth-order valence-corrected chi connectivity index (χ4v) is 3.97. The van der Waals surface area contributed by atoms with E-state index in [1.807, 2.05) is 11.8 Å². The molecule has 0 aromatic heterocycles. The van der Waals surface area contributed by atoms with Crippen LogP contribution in [-0.2, 0) is 4.74 Å². The van der Waals surface area contributed by atoms with Crippen molar-refractivity contribution in [3.63, 3.8) is 0 Å². The van der Waals surface area contributed by atoms with Crippen molar-refractivity contribution in [2.75, 3.05) is 32.6 Å². The Balaban J connectivity index is 1.82. The van der Waals surface area contributed by atoms with Crippen LogP contribution in [0.5, 0.6) is 0 Å². The second-order valence-electron chi connectivity index (χ2n) is 5.25. The fraction of sp³-hybridized carbons (Fsp3) is 0.625. The topological polar surface area (TPSA) is 21.3 Å². The molecule has 0 amide bonds. The van der Waals surface area contributed by atoms with E-state index in [0.717, 1.165) is 31.5 Å². The summed E-state index contributed by atoms with van der Waals surface area (Å²) in [6.07, 6.45) is 2.56. The lowest BCUT2D eigenvalue weighted by Gasteiger charge is -2.20. The van der Waals surface area contributed by atoms with Gasteiger partial charge >= 0.3 is 0 Å². The number of hydrogen-bond donors (Lipinski definition) is 1. The maximum atomic E-state index is 5.07. The largest absolute Gasteiger partial charge is 0.383 e. The Labute approximate surface area is 121 Å². The summed E-state index contributed by atoms with van der Waals surface area (Å²) in [6, 6.07) is 8.90. The highest BCUT2D eigenvalue weighted by Crippen LogP contribution is 2.42. The predicted molar refractivity (Wildman–Crippen MR) is 83.1 cm³/mol. The second-order valence-corrected chi connectivity index (χ2v) is 6.31. The Morgan fingerprint density at radius 3 is 3.05 bits per heavy atom. The molecule has 1 N–H and O–H groups in total. The predicted octanol–water partition coefficient (Wildman–Crippen LogP) is 3.53. The van der Waals surface area contributed by atoms with E-state index in [2.05, 4.69) is 36.5 Å². The fourth-order valence-electron chi connectivity index (χ4n) is 2.70. The molecule has 0 saturated carbocycles. The minimum Gasteiger partial charge on any atom is -0.383 e. The van der Waals surface area contributed by atoms with Crippen molar-refractivity contribution < 1.29 is 4.74 Å². The van der Waals surface area contributed by atoms with Gasteiger partial charge in [0.05, 0.1) is 6.61 Å². The zero-order valence-corrected chi connectivity index (χ0v) is 12.8. The van der Waals surface area contributed by atoms with Gasteiger partial charge in [-0.2, -0.15) is 0 Å². The molecule has 2 nitrogen and oxygen atoms in total. The number of hydrogen-bond acceptors (Lipinski definition) is 3. The molecular weight excluding hydrogens is 254 g/mol. The first-order chi connectivity index (χ1) is 9.35. The summed E-state index contributed by atoms with van der Waals surface area (Å²) in [6.45, 7) is 5.18. The highest BCUT2D eigenvalue weighted by molar-refractivity contribution is 7.99. The molecule has 3 heteroatoms. The van der Waals surface area contributed by atoms with Crippen LogP contribution in [0.25, 0.3) is 0 Å². The summed E-state index contributed by atoms with van der Waals surface area (Å²) in [5, 5.41) is 3.50. The maximum absolute atomic E-state index is 5.07. The summed E-state index contributed by atoms with van der Waals surface area (Å²) in [5.74, 6) is 2.78. The molecule has 2 rings (SSSR count). The number of ether oxygens (including phenoxy) is 1. The van der Waals surface area contributed by atoms with Crippen molar-refractivity contribution in [2.24, 2.45) is 5.92 Å². The number of fused-ring (bicyclic) bond motifs is 1. The molecule has 2 unspecified atom stereocenters. The molecule has 1 aromatic carbocycles. The van der Waals surface area contributed by atoms with Gasteiger partial charge < -0.3 is 10.1 Å². The minimum atomic E-state index is 0.746. The van der Waals surface area contributed by atoms with E-state index >= 15 is 0 Å². The smallest absolute Gasteiger partial charge is 0.0587 e. The van der Waals surface area contributed by atoms with Gasteiger partial charge in [0.2, 0.25) is 0 Å². The van der Waals surface area contributed by atoms with Gasteiger partial charge in [-0.1, -0.05) is 31.5 Å². The standard InChI is InChI=1S/C16H25NOS/c1-3-13(11-17-8-9-18-2)10-14-12-19-16-7-5-4-6-15(14)16/h4-7,13-14,17H,3,8-12H2,1-2H3. The number of nitrogens with one attached hydrogen (secondary N) is 1. The molecule has 0 aliphatic carbocycles. The van der Waals surface area contributed by atoms with Crippen molar-refractivity contribution in [1.82, 2.24) is 5.32 Å². The Hall–Kier alpha value is -0.510. The van der Waals surface area contributed by atoms with Crippen LogP contribution >= 0.6 is 11.8 Å². The number of thioether (sulfide) groups is 1. The van der Waals surface area contributed by atoms with Crippen molar-refractivity contribution in [3.8, 4) is 0 Å². The molecule has 1 aliphatic heterocycles. The maximum Gasteiger partial charge on any atom is 0.0587 e. The Kier molecular flexibility index (Phi) is 6.21. The Bertz CT molecular complexity index is 383. The van der Waals surface area contributed by atoms with E-state index in [9.17, 15) is 0 Å². The van der Waals surface area contributed by atoms with E-state index < -0.39 is 0 Å². The van der Waals surface area contributed by atoms with Gasteiger partial charge in [-0.3, -0.25) is 0 Å². The molecule has 0 fully saturated rings. The second kappa shape index (κ2) is 7.93. The quantitative estimate of drug-likeness (QED) is 0.736. The zero-order chi connectivity index (χ0) is 13.5. The van der Waals surface area contributed by atoms with E-state index in [4.69, 9.17) is 4.74 Å². The van der Waals surface area contributed by atoms with E-state index in [1.54, 1.807) is 12.7 Å². The van der Waals surface area contributed by atoms with Crippen LogP contribution in [0, 0.1) is 5.92 Å². The molecule has 2 atom stereocenters. The molecule has 0 spiro atoms. The van der Waals surface area contributed by atoms with Crippen LogP contribution in [0.2, 0.25) is 0 Å². The van der Waals surface area contributed by atoms with Gasteiger partial charge in [0.1, 0.15) is 0 Å². The summed E-state index contributed by atoms with van der Waals surface area (Å²) in [4.78, 5) is 1.50. The molecule has 106 valence electrons. The van der Waals surface area contributed by atoms with Gasteiger partial charge in [-0.25, -0.2) is 0 Å². The average molecular weight is 279 g/mol. The van der Waals surface area contributed by atoms with Gasteiger partial charge in [-0.15, -0.1) is 11.8 Å². The third-order valence-corrected chi connectivity index (χ3v) is 5.16. The van der Waals surface area contributed by atoms with Crippen LogP contribution in [0.15, 0.2) is 29.2 Å². The first kappa shape index (κ1) is 14.9. The summed E-state index contributed by atoms with van der Waals surface area (Å²) < 4.78 is 5.07. The minimum absolute atomic E-state index is 0.746. The molecule has 1 aromatic rings. The monoisotopic (exact) mass is 279 g/mol. The number of rotatable bonds is 8. The first-order valence-corrected chi connectivity index (χ1v) is 8.25. The van der Waals surface area contributed by atoms with Crippen molar-refractivity contribution >= 4 is 11.8 Å². The van der Waals surface area contributed by atoms with Crippen LogP contribution in [-0.4, -0.2) is 32.6 Å². The van der Waals surface area contributed by atoms with Crippen LogP contribution in [0.4, 0.5) is 0 Å². The van der Waals surface area contributed by atoms with Gasteiger partial charge in [0.25, 0.3) is 0 Å². The Morgan fingerprint density at radius 1 is 1.42 bits per heavy atom. The number of benzene rings is 1. The lowest BCUT2D eigenvalue weighted by molar-refractivity contribution is 0.197. The highest BCUT2D eigenvalue weighted by Gasteiger charge is 2.24. The third kappa shape index (κ3) is 4.23. The summed E-state index contributed by atoms with van der Waals surface area (Å²) in [5.41, 5.74) is 1.57. The van der Waals surface area contributed by atoms with Crippen LogP contribution in [0.3, 0.4) is 0 Å². The summed E-state index contributed by atoms with van der Waals surface area (Å²) >= 11 is 2.02. The molecule has 0 radical (unpaired) electrons. The van der Waals surface area contributed by atoms with Crippen LogP contribution in [0.1, 0.15) is 31.2 Å². The first-order valence-electron chi connectivity index (χ1n) is 7.26. The third-order valence-electron chi connectivity index (χ3n) is 3.91. The normalized spacial score (nSPS) is 19.4.